The Balaban J connectivity index is 0.000000156. The van der Waals surface area contributed by atoms with Crippen molar-refractivity contribution < 1.29 is 10.2 Å². The van der Waals surface area contributed by atoms with Crippen LogP contribution >= 0.6 is 0 Å². The Hall–Kier alpha value is -2.34. The summed E-state index contributed by atoms with van der Waals surface area (Å²) in [6.07, 6.45) is 3.34. The van der Waals surface area contributed by atoms with Crippen LogP contribution in [0.5, 0.6) is 11.5 Å². The van der Waals surface area contributed by atoms with E-state index in [9.17, 15) is 10.2 Å². The van der Waals surface area contributed by atoms with E-state index >= 15 is 0 Å². The Morgan fingerprint density at radius 3 is 1.36 bits per heavy atom. The molecular weight excluding hydrogens is 419 g/mol. The predicted octanol–water partition coefficient (Wildman–Crippen LogP) is 4.67. The van der Waals surface area contributed by atoms with Crippen molar-refractivity contribution in [3.63, 3.8) is 0 Å². The zero-order chi connectivity index (χ0) is 18.1. The third kappa shape index (κ3) is 5.32. The molecule has 2 N–H and O–H groups in total. The van der Waals surface area contributed by atoms with Gasteiger partial charge in [0.05, 0.1) is 0 Å². The van der Waals surface area contributed by atoms with Gasteiger partial charge in [-0.15, -0.1) is 0 Å². The number of phenols is 2. The number of aromatic nitrogens is 2. The van der Waals surface area contributed by atoms with Gasteiger partial charge in [0.2, 0.25) is 0 Å². The average Bonchev–Trinajstić information content (AvgIpc) is 2.64. The Morgan fingerprint density at radius 2 is 1.00 bits per heavy atom. The molecule has 0 aliphatic heterocycles. The van der Waals surface area contributed by atoms with Crippen molar-refractivity contribution in [3.8, 4) is 11.5 Å². The standard InChI is InChI=1S/2C9H7NO.2CH3.Sn/c2*11-8-5-1-3-7-4-2-6-10-9(7)8;;;/h2*1-6,11H;2*1H3;. The van der Waals surface area contributed by atoms with E-state index in [4.69, 9.17) is 0 Å². The number of hydrogen-bond acceptors (Lipinski definition) is 4. The summed E-state index contributed by atoms with van der Waals surface area (Å²) < 4.78 is 0. The molecule has 126 valence electrons. The number of pyridine rings is 2. The third-order valence-corrected chi connectivity index (χ3v) is 3.22. The van der Waals surface area contributed by atoms with Crippen LogP contribution in [0.15, 0.2) is 73.1 Å². The number of para-hydroxylation sites is 2. The number of nitrogens with zero attached hydrogens (tertiary/aromatic N) is 2. The van der Waals surface area contributed by atoms with Crippen LogP contribution in [0.4, 0.5) is 0 Å². The van der Waals surface area contributed by atoms with Crippen molar-refractivity contribution in [3.05, 3.63) is 73.1 Å². The number of benzene rings is 2. The first-order chi connectivity index (χ1) is 12.2. The minimum atomic E-state index is 0.230. The van der Waals surface area contributed by atoms with Gasteiger partial charge in [-0.25, -0.2) is 0 Å². The first-order valence-electron chi connectivity index (χ1n) is 7.81. The van der Waals surface area contributed by atoms with Crippen molar-refractivity contribution in [2.45, 2.75) is 9.88 Å². The van der Waals surface area contributed by atoms with Crippen LogP contribution in [-0.2, 0) is 0 Å². The molecule has 0 fully saturated rings. The second-order valence-corrected chi connectivity index (χ2v) is 8.06. The fraction of sp³-hybridized carbons (Fsp3) is 0.100. The molecule has 2 aromatic heterocycles. The predicted molar refractivity (Wildman–Crippen MR) is 104 cm³/mol. The molecule has 0 bridgehead atoms. The molecule has 0 aliphatic carbocycles. The van der Waals surface area contributed by atoms with Gasteiger partial charge in [0, 0.05) is 23.2 Å². The van der Waals surface area contributed by atoms with Crippen LogP contribution in [0.1, 0.15) is 0 Å². The Bertz CT molecular complexity index is 857. The van der Waals surface area contributed by atoms with E-state index in [0.29, 0.717) is 11.0 Å². The van der Waals surface area contributed by atoms with Gasteiger partial charge in [0.15, 0.2) is 0 Å². The molecular formula is C20H20N2O2Sn. The van der Waals surface area contributed by atoms with Gasteiger partial charge < -0.3 is 10.2 Å². The number of hydrogen-bond donors (Lipinski definition) is 2. The molecule has 25 heavy (non-hydrogen) atoms. The molecule has 0 saturated carbocycles. The van der Waals surface area contributed by atoms with E-state index in [0.717, 1.165) is 10.8 Å². The summed E-state index contributed by atoms with van der Waals surface area (Å²) in [5.74, 6) is 0.478. The number of phenolic OH excluding ortho intramolecular Hbond substituents is 2. The van der Waals surface area contributed by atoms with Crippen molar-refractivity contribution in [1.82, 2.24) is 9.97 Å². The topological polar surface area (TPSA) is 66.2 Å². The minimum absolute atomic E-state index is 0.230. The summed E-state index contributed by atoms with van der Waals surface area (Å²) in [4.78, 5) is 12.7. The second-order valence-electron chi connectivity index (χ2n) is 5.20. The molecule has 2 radical (unpaired) electrons. The van der Waals surface area contributed by atoms with Crippen molar-refractivity contribution >= 4 is 42.9 Å². The Labute approximate surface area is 157 Å². The molecule has 4 aromatic rings. The van der Waals surface area contributed by atoms with Crippen LogP contribution < -0.4 is 0 Å². The Kier molecular flexibility index (Phi) is 7.47. The van der Waals surface area contributed by atoms with Gasteiger partial charge in [-0.2, -0.15) is 0 Å². The number of aromatic hydroxyl groups is 2. The summed E-state index contributed by atoms with van der Waals surface area (Å²) in [5.41, 5.74) is 1.32. The van der Waals surface area contributed by atoms with Crippen LogP contribution in [0.3, 0.4) is 0 Å². The van der Waals surface area contributed by atoms with Crippen LogP contribution in [0, 0.1) is 0 Å². The maximum atomic E-state index is 9.31. The van der Waals surface area contributed by atoms with E-state index < -0.39 is 0 Å². The molecule has 0 saturated heterocycles. The SMILES string of the molecule is Oc1cccc2cccnc12.Oc1cccc2cccnc12.[CH3][Sn][CH3]. The van der Waals surface area contributed by atoms with E-state index in [1.807, 2.05) is 36.4 Å². The van der Waals surface area contributed by atoms with E-state index in [-0.39, 0.29) is 32.6 Å². The molecule has 0 aliphatic rings. The first kappa shape index (κ1) is 19.0. The van der Waals surface area contributed by atoms with Gasteiger partial charge in [-0.3, -0.25) is 9.97 Å². The quantitative estimate of drug-likeness (QED) is 0.391. The second kappa shape index (κ2) is 9.83. The Morgan fingerprint density at radius 1 is 0.640 bits per heavy atom. The molecule has 0 atom stereocenters. The van der Waals surface area contributed by atoms with E-state index in [1.54, 1.807) is 36.7 Å². The molecule has 4 nitrogen and oxygen atoms in total. The summed E-state index contributed by atoms with van der Waals surface area (Å²) in [6, 6.07) is 18.3. The summed E-state index contributed by atoms with van der Waals surface area (Å²) in [6.45, 7) is 0. The molecule has 5 heteroatoms. The molecule has 2 heterocycles. The van der Waals surface area contributed by atoms with Crippen LogP contribution in [-0.4, -0.2) is 41.3 Å². The van der Waals surface area contributed by atoms with Gasteiger partial charge in [-0.1, -0.05) is 36.4 Å². The van der Waals surface area contributed by atoms with Crippen molar-refractivity contribution in [2.75, 3.05) is 0 Å². The fourth-order valence-corrected chi connectivity index (χ4v) is 2.18. The number of fused-ring (bicyclic) bond motifs is 2. The van der Waals surface area contributed by atoms with Crippen molar-refractivity contribution in [2.24, 2.45) is 0 Å². The number of rotatable bonds is 0. The van der Waals surface area contributed by atoms with Gasteiger partial charge in [-0.05, 0) is 24.3 Å². The zero-order valence-electron chi connectivity index (χ0n) is 14.2. The first-order valence-corrected chi connectivity index (χ1v) is 13.5. The summed E-state index contributed by atoms with van der Waals surface area (Å²) in [7, 11) is 0. The molecule has 0 spiro atoms. The van der Waals surface area contributed by atoms with E-state index in [1.165, 1.54) is 0 Å². The normalized spacial score (nSPS) is 9.68. The molecule has 2 aromatic carbocycles. The third-order valence-electron chi connectivity index (χ3n) is 3.22. The summed E-state index contributed by atoms with van der Waals surface area (Å²) >= 11 is 0.230. The molecule has 0 amide bonds. The monoisotopic (exact) mass is 440 g/mol. The van der Waals surface area contributed by atoms with E-state index in [2.05, 4.69) is 19.8 Å². The van der Waals surface area contributed by atoms with Crippen molar-refractivity contribution in [1.29, 1.82) is 0 Å². The van der Waals surface area contributed by atoms with Crippen LogP contribution in [0.2, 0.25) is 9.88 Å². The van der Waals surface area contributed by atoms with Gasteiger partial charge >= 0.3 is 31.0 Å². The summed E-state index contributed by atoms with van der Waals surface area (Å²) in [5, 5.41) is 20.5. The van der Waals surface area contributed by atoms with Crippen LogP contribution in [0.25, 0.3) is 21.8 Å². The maximum absolute atomic E-state index is 9.31. The van der Waals surface area contributed by atoms with Gasteiger partial charge in [0.1, 0.15) is 22.5 Å². The fourth-order valence-electron chi connectivity index (χ4n) is 2.18. The molecule has 0 unspecified atom stereocenters. The molecule has 4 rings (SSSR count). The zero-order valence-corrected chi connectivity index (χ0v) is 17.1. The van der Waals surface area contributed by atoms with Gasteiger partial charge in [0.25, 0.3) is 0 Å². The average molecular weight is 439 g/mol.